The molecule has 6 heterocycles. The van der Waals surface area contributed by atoms with E-state index in [0.717, 1.165) is 38.2 Å². The van der Waals surface area contributed by atoms with Gasteiger partial charge in [-0.15, -0.1) is 0 Å². The number of nitrogens with zero attached hydrogens (tertiary/aromatic N) is 4. The molecule has 0 spiro atoms. The van der Waals surface area contributed by atoms with Crippen LogP contribution in [-0.4, -0.2) is 152 Å². The van der Waals surface area contributed by atoms with Gasteiger partial charge in [-0.1, -0.05) is 45.9 Å². The van der Waals surface area contributed by atoms with Gasteiger partial charge in [0.05, 0.1) is 71.0 Å². The summed E-state index contributed by atoms with van der Waals surface area (Å²) in [7, 11) is 2.86. The van der Waals surface area contributed by atoms with Crippen molar-refractivity contribution >= 4 is 62.9 Å². The van der Waals surface area contributed by atoms with Crippen LogP contribution < -0.4 is 30.4 Å². The van der Waals surface area contributed by atoms with E-state index < -0.39 is 112 Å². The number of rotatable bonds is 11. The van der Waals surface area contributed by atoms with Crippen LogP contribution in [0.25, 0.3) is 21.7 Å². The van der Waals surface area contributed by atoms with Crippen molar-refractivity contribution in [2.24, 2.45) is 34.7 Å². The maximum Gasteiger partial charge on any atom is 0.341 e. The Bertz CT molecular complexity index is 3620. The lowest BCUT2D eigenvalue weighted by Crippen LogP contribution is -2.49. The summed E-state index contributed by atoms with van der Waals surface area (Å²) >= 11 is 0. The van der Waals surface area contributed by atoms with Gasteiger partial charge in [0.25, 0.3) is 11.7 Å². The van der Waals surface area contributed by atoms with E-state index in [1.54, 1.807) is 49.4 Å². The number of pyridine rings is 1. The van der Waals surface area contributed by atoms with Crippen LogP contribution in [0.1, 0.15) is 131 Å². The summed E-state index contributed by atoms with van der Waals surface area (Å²) in [5.41, 5.74) is -1.36. The average Bonchev–Trinajstić information content (AvgIpc) is 1.83. The van der Waals surface area contributed by atoms with E-state index in [1.165, 1.54) is 72.7 Å². The minimum Gasteiger partial charge on any atom is -0.507 e. The van der Waals surface area contributed by atoms with E-state index in [0.29, 0.717) is 44.5 Å². The zero-order valence-corrected chi connectivity index (χ0v) is 50.7. The molecule has 2 saturated heterocycles. The molecule has 5 aliphatic heterocycles. The lowest BCUT2D eigenvalue weighted by atomic mass is 9.78. The minimum absolute atomic E-state index is 0.0157. The van der Waals surface area contributed by atoms with Crippen molar-refractivity contribution in [3.05, 3.63) is 86.7 Å². The monoisotopic (exact) mass is 1210 g/mol. The fourth-order valence-electron chi connectivity index (χ4n) is 13.5. The molecule has 3 aromatic carbocycles. The zero-order valence-electron chi connectivity index (χ0n) is 50.7. The number of nitrogens with one attached hydrogen (secondary N) is 2. The van der Waals surface area contributed by atoms with Crippen LogP contribution in [0.4, 0.5) is 15.8 Å². The number of hydrogen-bond donors (Lipinski definition) is 8. The van der Waals surface area contributed by atoms with Crippen molar-refractivity contribution in [2.75, 3.05) is 50.6 Å². The van der Waals surface area contributed by atoms with Crippen molar-refractivity contribution in [3.8, 4) is 28.7 Å². The molecule has 5 bridgehead atoms. The van der Waals surface area contributed by atoms with E-state index in [-0.39, 0.29) is 84.8 Å². The van der Waals surface area contributed by atoms with Crippen molar-refractivity contribution in [3.63, 3.8) is 0 Å². The van der Waals surface area contributed by atoms with Crippen molar-refractivity contribution in [2.45, 2.75) is 148 Å². The van der Waals surface area contributed by atoms with Crippen molar-refractivity contribution in [1.82, 2.24) is 14.9 Å². The fourth-order valence-corrected chi connectivity index (χ4v) is 13.5. The standard InChI is InChI=1S/C64H79FN6O16/c1-30-12-11-13-31(2)61(80)67-48-41(55(77)45-46(56(48)78)53(75)35(6)58-47(45)60(79)63(8,87-58)85-25-19-44(83-9)32(3)57(86-36(7)72)34(5)52(74)33(4)51(30)73)27-66-70-23-17-38(18-24-70)68-64(20-21-64)37-16-22-69(28-37)50-43(65)26-40-49(59(50)84-10)71(39-14-15-39)29-42(54(40)76)62(81)82/h11-13,19,25-27,29-30,32-34,37-39,44,51-52,57,68,73-75,77-78H,14-18,20-24,28H2,1-10H3,(H,67,80)(H,81,82)/b12-11+,25-19+,31-13-,66-27+/t30-,32+,33+,34+,37?,44-,51-,52+,57+,63-/m0/s1. The maximum atomic E-state index is 16.3. The number of halogens is 1. The number of phenolic OH excluding ortho intramolecular Hbond substituents is 3. The number of aromatic carboxylic acids is 1. The number of methoxy groups -OCH3 is 2. The summed E-state index contributed by atoms with van der Waals surface area (Å²) < 4.78 is 47.9. The van der Waals surface area contributed by atoms with E-state index >= 15 is 4.39 Å². The number of carbonyl (C=O) groups is 4. The number of aliphatic hydroxyl groups excluding tert-OH is 2. The molecule has 1 aromatic heterocycles. The molecular formula is C64H79FN6O16. The first-order valence-corrected chi connectivity index (χ1v) is 29.8. The van der Waals surface area contributed by atoms with Gasteiger partial charge in [-0.25, -0.2) is 9.18 Å². The number of aromatic nitrogens is 1. The summed E-state index contributed by atoms with van der Waals surface area (Å²) in [5, 5.41) is 82.2. The van der Waals surface area contributed by atoms with Crippen molar-refractivity contribution in [1.29, 1.82) is 0 Å². The molecule has 468 valence electrons. The number of hydrazone groups is 1. The largest absolute Gasteiger partial charge is 0.507 e. The van der Waals surface area contributed by atoms with E-state index in [4.69, 9.17) is 28.8 Å². The molecule has 4 aromatic rings. The predicted molar refractivity (Wildman–Crippen MR) is 321 cm³/mol. The Balaban J connectivity index is 0.924. The Hall–Kier alpha value is -7.73. The number of fused-ring (bicyclic) bond motifs is 15. The topological polar surface area (TPSA) is 301 Å². The number of Topliss-reactive ketones (excluding diaryl/α,β-unsaturated/α-hetero) is 1. The molecular weight excluding hydrogens is 1130 g/mol. The van der Waals surface area contributed by atoms with Crippen LogP contribution in [0.2, 0.25) is 0 Å². The molecule has 1 amide bonds. The molecule has 2 saturated carbocycles. The van der Waals surface area contributed by atoms with Gasteiger partial charge in [-0.2, -0.15) is 5.10 Å². The quantitative estimate of drug-likeness (QED) is 0.0309. The van der Waals surface area contributed by atoms with Gasteiger partial charge < -0.3 is 74.4 Å². The van der Waals surface area contributed by atoms with Crippen LogP contribution in [0.5, 0.6) is 28.7 Å². The molecule has 1 unspecified atom stereocenters. The molecule has 4 fully saturated rings. The first kappa shape index (κ1) is 62.3. The zero-order chi connectivity index (χ0) is 62.9. The summed E-state index contributed by atoms with van der Waals surface area (Å²) in [5.74, 6) is -10.6. The Kier molecular flexibility index (Phi) is 17.3. The molecule has 8 N–H and O–H groups in total. The van der Waals surface area contributed by atoms with Gasteiger partial charge in [0, 0.05) is 111 Å². The number of carbonyl (C=O) groups excluding carboxylic acids is 3. The second-order valence-electron chi connectivity index (χ2n) is 24.8. The van der Waals surface area contributed by atoms with Gasteiger partial charge in [0.15, 0.2) is 17.3 Å². The smallest absolute Gasteiger partial charge is 0.341 e. The van der Waals surface area contributed by atoms with Gasteiger partial charge in [0.1, 0.15) is 34.6 Å². The molecule has 23 heteroatoms. The SMILES string of the molecule is COc1c(N2CCC(C3(NC4CCN(/N=C/c5c6c(O)c7c(O)c(C)c8c(c7c5O)C(=O)[C@@](C)(O/C=C/[C@H](OC)[C@@H](C)[C@@H](OC(C)=O)[C@H](C)[C@H](O)[C@H](C)[C@@H](O)[C@@H](C)/C=C/C=C(/C)C(=O)N6)O8)CC4)CC3)C2)c(F)cc2c(=O)c(C(=O)O)cn(C3CC3)c12. The average molecular weight is 1210 g/mol. The van der Waals surface area contributed by atoms with Crippen LogP contribution in [0.15, 0.2) is 58.3 Å². The summed E-state index contributed by atoms with van der Waals surface area (Å²) in [6.07, 6.45) is 11.4. The number of hydrogen-bond acceptors (Lipinski definition) is 19. The number of piperidine rings is 1. The van der Waals surface area contributed by atoms with Crippen molar-refractivity contribution < 1.29 is 77.9 Å². The molecule has 22 nitrogen and oxygen atoms in total. The number of carboxylic acid groups (broad SMARTS) is 1. The molecule has 87 heavy (non-hydrogen) atoms. The highest BCUT2D eigenvalue weighted by atomic mass is 19.1. The van der Waals surface area contributed by atoms with E-state index in [2.05, 4.69) is 10.6 Å². The first-order chi connectivity index (χ1) is 41.3. The highest BCUT2D eigenvalue weighted by Crippen LogP contribution is 2.56. The minimum atomic E-state index is -2.11. The lowest BCUT2D eigenvalue weighted by Gasteiger charge is -2.38. The van der Waals surface area contributed by atoms with Crippen LogP contribution in [0.3, 0.4) is 0 Å². The summed E-state index contributed by atoms with van der Waals surface area (Å²) in [6.45, 7) is 14.4. The third kappa shape index (κ3) is 11.5. The van der Waals surface area contributed by atoms with Gasteiger partial charge in [-0.3, -0.25) is 24.2 Å². The third-order valence-corrected chi connectivity index (χ3v) is 19.0. The van der Waals surface area contributed by atoms with Gasteiger partial charge >= 0.3 is 17.7 Å². The normalized spacial score (nSPS) is 29.4. The number of benzene rings is 3. The predicted octanol–water partition coefficient (Wildman–Crippen LogP) is 7.70. The van der Waals surface area contributed by atoms with Crippen LogP contribution in [-0.2, 0) is 23.8 Å². The Morgan fingerprint density at radius 2 is 1.61 bits per heavy atom. The lowest BCUT2D eigenvalue weighted by molar-refractivity contribution is -0.160. The van der Waals surface area contributed by atoms with Gasteiger partial charge in [0.2, 0.25) is 5.43 Å². The molecule has 7 aliphatic rings. The van der Waals surface area contributed by atoms with Gasteiger partial charge in [-0.05, 0) is 76.9 Å². The second-order valence-corrected chi connectivity index (χ2v) is 24.8. The fraction of sp³-hybridized carbons (Fsp3) is 0.531. The number of aromatic hydroxyl groups is 3. The Labute approximate surface area is 502 Å². The third-order valence-electron chi connectivity index (χ3n) is 19.0. The number of ether oxygens (including phenoxy) is 5. The van der Waals surface area contributed by atoms with E-state index in [1.807, 2.05) is 4.90 Å². The molecule has 10 atom stereocenters. The highest BCUT2D eigenvalue weighted by molar-refractivity contribution is 6.24. The second kappa shape index (κ2) is 24.1. The highest BCUT2D eigenvalue weighted by Gasteiger charge is 2.53. The number of carboxylic acids is 1. The Morgan fingerprint density at radius 1 is 0.908 bits per heavy atom. The number of aliphatic hydroxyl groups is 2. The number of amides is 1. The summed E-state index contributed by atoms with van der Waals surface area (Å²) in [4.78, 5) is 68.8. The molecule has 2 aliphatic carbocycles. The van der Waals surface area contributed by atoms with Crippen LogP contribution >= 0.6 is 0 Å². The van der Waals surface area contributed by atoms with E-state index in [9.17, 15) is 54.6 Å². The molecule has 11 rings (SSSR count). The first-order valence-electron chi connectivity index (χ1n) is 29.8. The summed E-state index contributed by atoms with van der Waals surface area (Å²) in [6, 6.07) is 1.19. The number of anilines is 2. The number of phenols is 3. The van der Waals surface area contributed by atoms with Crippen LogP contribution in [0, 0.1) is 42.3 Å². The number of ketones is 1. The number of esters is 1. The maximum absolute atomic E-state index is 16.3. The number of allylic oxidation sites excluding steroid dienone is 2. The molecule has 0 radical (unpaired) electrons. The Morgan fingerprint density at radius 3 is 2.24 bits per heavy atom.